The summed E-state index contributed by atoms with van der Waals surface area (Å²) < 4.78 is 5.24. The Balaban J connectivity index is 1.53. The summed E-state index contributed by atoms with van der Waals surface area (Å²) in [7, 11) is 1.64. The molecular formula is C20H20N2O2S. The minimum Gasteiger partial charge on any atom is -0.497 e. The lowest BCUT2D eigenvalue weighted by Gasteiger charge is -2.10. The molecular weight excluding hydrogens is 332 g/mol. The molecule has 4 nitrogen and oxygen atoms in total. The van der Waals surface area contributed by atoms with Crippen LogP contribution in [0.4, 0.5) is 0 Å². The van der Waals surface area contributed by atoms with E-state index in [0.29, 0.717) is 0 Å². The van der Waals surface area contributed by atoms with Gasteiger partial charge in [0.1, 0.15) is 5.75 Å². The van der Waals surface area contributed by atoms with Gasteiger partial charge in [-0.15, -0.1) is 0 Å². The van der Waals surface area contributed by atoms with Gasteiger partial charge in [-0.25, -0.2) is 4.98 Å². The van der Waals surface area contributed by atoms with Crippen molar-refractivity contribution in [1.29, 1.82) is 0 Å². The van der Waals surface area contributed by atoms with Gasteiger partial charge in [0.05, 0.1) is 23.4 Å². The van der Waals surface area contributed by atoms with Crippen LogP contribution < -0.4 is 4.74 Å². The molecule has 25 heavy (non-hydrogen) atoms. The van der Waals surface area contributed by atoms with E-state index in [1.807, 2.05) is 31.2 Å². The lowest BCUT2D eigenvalue weighted by molar-refractivity contribution is 0.0994. The standard InChI is InChI=1S/C20H20N2O2S/c1-12(19(23)15-7-6-13-4-3-5-14(13)10-15)25-20-21-17-9-8-16(24-2)11-18(17)22-20/h6-12H,3-5H2,1-2H3,(H,21,22)/t12-/m1/s1. The van der Waals surface area contributed by atoms with Gasteiger partial charge in [0.15, 0.2) is 10.9 Å². The molecule has 3 aromatic rings. The minimum atomic E-state index is -0.193. The maximum atomic E-state index is 12.8. The molecule has 1 aliphatic rings. The molecule has 0 radical (unpaired) electrons. The number of rotatable bonds is 5. The lowest BCUT2D eigenvalue weighted by atomic mass is 10.0. The topological polar surface area (TPSA) is 55.0 Å². The number of imidazole rings is 1. The van der Waals surface area contributed by atoms with Crippen molar-refractivity contribution in [3.8, 4) is 5.75 Å². The average molecular weight is 352 g/mol. The third kappa shape index (κ3) is 3.16. The predicted molar refractivity (Wildman–Crippen MR) is 101 cm³/mol. The Morgan fingerprint density at radius 3 is 2.88 bits per heavy atom. The van der Waals surface area contributed by atoms with Gasteiger partial charge in [-0.2, -0.15) is 0 Å². The van der Waals surface area contributed by atoms with E-state index < -0.39 is 0 Å². The fourth-order valence-electron chi connectivity index (χ4n) is 3.33. The number of aromatic nitrogens is 2. The normalized spacial score (nSPS) is 14.5. The number of benzene rings is 2. The highest BCUT2D eigenvalue weighted by molar-refractivity contribution is 8.00. The number of ketones is 1. The number of hydrogen-bond acceptors (Lipinski definition) is 4. The molecule has 4 rings (SSSR count). The zero-order valence-corrected chi connectivity index (χ0v) is 15.2. The smallest absolute Gasteiger partial charge is 0.176 e. The Morgan fingerprint density at radius 2 is 2.04 bits per heavy atom. The predicted octanol–water partition coefficient (Wildman–Crippen LogP) is 4.42. The Hall–Kier alpha value is -2.27. The molecule has 1 aliphatic carbocycles. The third-order valence-electron chi connectivity index (χ3n) is 4.71. The second-order valence-corrected chi connectivity index (χ2v) is 7.72. The summed E-state index contributed by atoms with van der Waals surface area (Å²) in [6, 6.07) is 11.9. The van der Waals surface area contributed by atoms with Gasteiger partial charge in [0.25, 0.3) is 0 Å². The monoisotopic (exact) mass is 352 g/mol. The first-order valence-electron chi connectivity index (χ1n) is 8.50. The quantitative estimate of drug-likeness (QED) is 0.545. The van der Waals surface area contributed by atoms with Crippen LogP contribution in [-0.4, -0.2) is 28.1 Å². The minimum absolute atomic E-state index is 0.151. The second kappa shape index (κ2) is 6.56. The lowest BCUT2D eigenvalue weighted by Crippen LogP contribution is -2.14. The van der Waals surface area contributed by atoms with Crippen LogP contribution in [0, 0.1) is 0 Å². The van der Waals surface area contributed by atoms with Gasteiger partial charge in [0.2, 0.25) is 0 Å². The average Bonchev–Trinajstić information content (AvgIpc) is 3.25. The number of Topliss-reactive ketones (excluding diaryl/α,β-unsaturated/α-hetero) is 1. The zero-order chi connectivity index (χ0) is 17.4. The highest BCUT2D eigenvalue weighted by Gasteiger charge is 2.20. The van der Waals surface area contributed by atoms with Gasteiger partial charge in [-0.1, -0.05) is 23.9 Å². The van der Waals surface area contributed by atoms with Crippen LogP contribution in [0.25, 0.3) is 11.0 Å². The highest BCUT2D eigenvalue weighted by atomic mass is 32.2. The largest absolute Gasteiger partial charge is 0.497 e. The number of fused-ring (bicyclic) bond motifs is 2. The van der Waals surface area contributed by atoms with E-state index in [4.69, 9.17) is 4.74 Å². The molecule has 2 aromatic carbocycles. The van der Waals surface area contributed by atoms with Crippen molar-refractivity contribution in [2.75, 3.05) is 7.11 Å². The molecule has 128 valence electrons. The summed E-state index contributed by atoms with van der Waals surface area (Å²) in [5.41, 5.74) is 5.32. The van der Waals surface area contributed by atoms with E-state index in [-0.39, 0.29) is 11.0 Å². The number of carbonyl (C=O) groups is 1. The first-order valence-corrected chi connectivity index (χ1v) is 9.38. The summed E-state index contributed by atoms with van der Waals surface area (Å²) in [4.78, 5) is 20.6. The summed E-state index contributed by atoms with van der Waals surface area (Å²) in [6.07, 6.45) is 3.42. The molecule has 1 heterocycles. The zero-order valence-electron chi connectivity index (χ0n) is 14.3. The van der Waals surface area contributed by atoms with Crippen LogP contribution in [-0.2, 0) is 12.8 Å². The molecule has 0 saturated carbocycles. The number of methoxy groups -OCH3 is 1. The Labute approximate surface area is 151 Å². The van der Waals surface area contributed by atoms with Crippen molar-refractivity contribution in [1.82, 2.24) is 9.97 Å². The number of thioether (sulfide) groups is 1. The molecule has 0 amide bonds. The van der Waals surface area contributed by atoms with Gasteiger partial charge in [-0.05, 0) is 55.5 Å². The molecule has 0 bridgehead atoms. The van der Waals surface area contributed by atoms with Crippen LogP contribution in [0.5, 0.6) is 5.75 Å². The van der Waals surface area contributed by atoms with Gasteiger partial charge < -0.3 is 9.72 Å². The molecule has 0 unspecified atom stereocenters. The maximum Gasteiger partial charge on any atom is 0.176 e. The SMILES string of the molecule is COc1ccc2nc(S[C@H](C)C(=O)c3ccc4c(c3)CCC4)[nH]c2c1. The van der Waals surface area contributed by atoms with Crippen molar-refractivity contribution >= 4 is 28.6 Å². The number of aromatic amines is 1. The van der Waals surface area contributed by atoms with Crippen LogP contribution in [0.3, 0.4) is 0 Å². The Bertz CT molecular complexity index is 948. The number of H-pyrrole nitrogens is 1. The Kier molecular flexibility index (Phi) is 4.25. The number of nitrogens with zero attached hydrogens (tertiary/aromatic N) is 1. The van der Waals surface area contributed by atoms with Crippen molar-refractivity contribution in [2.45, 2.75) is 36.6 Å². The van der Waals surface area contributed by atoms with E-state index in [0.717, 1.165) is 40.3 Å². The molecule has 1 aromatic heterocycles. The number of carbonyl (C=O) groups excluding carboxylic acids is 1. The van der Waals surface area contributed by atoms with E-state index in [1.54, 1.807) is 7.11 Å². The molecule has 0 spiro atoms. The molecule has 1 N–H and O–H groups in total. The van der Waals surface area contributed by atoms with Crippen molar-refractivity contribution in [2.24, 2.45) is 0 Å². The van der Waals surface area contributed by atoms with Crippen LogP contribution in [0.2, 0.25) is 0 Å². The highest BCUT2D eigenvalue weighted by Crippen LogP contribution is 2.29. The fraction of sp³-hybridized carbons (Fsp3) is 0.300. The summed E-state index contributed by atoms with van der Waals surface area (Å²) in [5, 5.41) is 0.562. The second-order valence-electron chi connectivity index (χ2n) is 6.39. The number of nitrogens with one attached hydrogen (secondary N) is 1. The summed E-state index contributed by atoms with van der Waals surface area (Å²) in [6.45, 7) is 1.94. The molecule has 0 fully saturated rings. The van der Waals surface area contributed by atoms with Crippen LogP contribution in [0.1, 0.15) is 34.8 Å². The number of aryl methyl sites for hydroxylation is 2. The molecule has 0 aliphatic heterocycles. The van der Waals surface area contributed by atoms with Crippen molar-refractivity contribution in [3.63, 3.8) is 0 Å². The summed E-state index contributed by atoms with van der Waals surface area (Å²) >= 11 is 1.46. The fourth-order valence-corrected chi connectivity index (χ4v) is 4.23. The van der Waals surface area contributed by atoms with Crippen LogP contribution >= 0.6 is 11.8 Å². The van der Waals surface area contributed by atoms with E-state index in [9.17, 15) is 4.79 Å². The third-order valence-corrected chi connectivity index (χ3v) is 5.69. The van der Waals surface area contributed by atoms with E-state index in [2.05, 4.69) is 22.1 Å². The van der Waals surface area contributed by atoms with Crippen LogP contribution in [0.15, 0.2) is 41.6 Å². The molecule has 1 atom stereocenters. The van der Waals surface area contributed by atoms with E-state index >= 15 is 0 Å². The molecule has 0 saturated heterocycles. The van der Waals surface area contributed by atoms with Gasteiger partial charge in [-0.3, -0.25) is 4.79 Å². The van der Waals surface area contributed by atoms with Crippen molar-refractivity contribution in [3.05, 3.63) is 53.1 Å². The first kappa shape index (κ1) is 16.2. The van der Waals surface area contributed by atoms with Gasteiger partial charge >= 0.3 is 0 Å². The van der Waals surface area contributed by atoms with Gasteiger partial charge in [0, 0.05) is 11.6 Å². The van der Waals surface area contributed by atoms with Crippen molar-refractivity contribution < 1.29 is 9.53 Å². The summed E-state index contributed by atoms with van der Waals surface area (Å²) in [5.74, 6) is 0.938. The molecule has 5 heteroatoms. The first-order chi connectivity index (χ1) is 12.1. The maximum absolute atomic E-state index is 12.8. The number of ether oxygens (including phenoxy) is 1. The Morgan fingerprint density at radius 1 is 1.20 bits per heavy atom. The van der Waals surface area contributed by atoms with E-state index in [1.165, 1.54) is 29.3 Å². The number of hydrogen-bond donors (Lipinski definition) is 1.